The van der Waals surface area contributed by atoms with Crippen molar-refractivity contribution in [1.82, 2.24) is 19.7 Å². The van der Waals surface area contributed by atoms with Gasteiger partial charge < -0.3 is 19.7 Å². The Morgan fingerprint density at radius 3 is 2.57 bits per heavy atom. The van der Waals surface area contributed by atoms with Gasteiger partial charge in [-0.3, -0.25) is 4.99 Å². The largest absolute Gasteiger partial charge is 0.355 e. The lowest BCUT2D eigenvalue weighted by molar-refractivity contribution is 0.276. The van der Waals surface area contributed by atoms with Gasteiger partial charge in [0.25, 0.3) is 0 Å². The zero-order valence-electron chi connectivity index (χ0n) is 14.0. The molecule has 1 aromatic heterocycles. The molecule has 6 heteroatoms. The number of aliphatic imine (C=N–C) groups is 1. The first-order chi connectivity index (χ1) is 9.85. The summed E-state index contributed by atoms with van der Waals surface area (Å²) >= 11 is 3.51. The number of nitrogens with zero attached hydrogens (tertiary/aromatic N) is 4. The third-order valence-electron chi connectivity index (χ3n) is 3.68. The first kappa shape index (κ1) is 18.0. The summed E-state index contributed by atoms with van der Waals surface area (Å²) in [7, 11) is 8.08. The molecule has 0 aromatic carbocycles. The molecule has 1 rings (SSSR count). The molecule has 5 nitrogen and oxygen atoms in total. The summed E-state index contributed by atoms with van der Waals surface area (Å²) in [6, 6.07) is 2.70. The van der Waals surface area contributed by atoms with Crippen LogP contribution in [0.25, 0.3) is 0 Å². The Hall–Kier alpha value is -1.01. The zero-order valence-corrected chi connectivity index (χ0v) is 15.6. The third kappa shape index (κ3) is 5.71. The summed E-state index contributed by atoms with van der Waals surface area (Å²) in [5, 5.41) is 3.41. The lowest BCUT2D eigenvalue weighted by atomic mass is 10.3. The van der Waals surface area contributed by atoms with Crippen molar-refractivity contribution in [3.05, 3.63) is 22.4 Å². The van der Waals surface area contributed by atoms with Crippen molar-refractivity contribution in [2.24, 2.45) is 12.0 Å². The van der Waals surface area contributed by atoms with Crippen LogP contribution in [0, 0.1) is 0 Å². The quantitative estimate of drug-likeness (QED) is 0.625. The van der Waals surface area contributed by atoms with Gasteiger partial charge in [-0.05, 0) is 42.9 Å². The van der Waals surface area contributed by atoms with Crippen LogP contribution in [0.1, 0.15) is 19.5 Å². The standard InChI is InChI=1S/C15H28BrN5/c1-12(2)19(4)8-7-18-15(17-3)21(6)11-14-9-13(16)10-20(14)5/h9-10,12H,7-8,11H2,1-6H3,(H,17,18). The van der Waals surface area contributed by atoms with Crippen LogP contribution in [-0.2, 0) is 13.6 Å². The van der Waals surface area contributed by atoms with Gasteiger partial charge in [0, 0.05) is 56.6 Å². The van der Waals surface area contributed by atoms with E-state index in [0.717, 1.165) is 30.1 Å². The average Bonchev–Trinajstić information content (AvgIpc) is 2.72. The maximum atomic E-state index is 4.35. The molecule has 120 valence electrons. The van der Waals surface area contributed by atoms with Crippen molar-refractivity contribution in [2.75, 3.05) is 34.2 Å². The molecular formula is C15H28BrN5. The van der Waals surface area contributed by atoms with E-state index in [1.54, 1.807) is 0 Å². The van der Waals surface area contributed by atoms with Crippen molar-refractivity contribution >= 4 is 21.9 Å². The highest BCUT2D eigenvalue weighted by atomic mass is 79.9. The van der Waals surface area contributed by atoms with Crippen molar-refractivity contribution in [3.8, 4) is 0 Å². The molecule has 0 radical (unpaired) electrons. The highest BCUT2D eigenvalue weighted by molar-refractivity contribution is 9.10. The monoisotopic (exact) mass is 357 g/mol. The lowest BCUT2D eigenvalue weighted by Gasteiger charge is -2.25. The normalized spacial score (nSPS) is 12.3. The number of hydrogen-bond donors (Lipinski definition) is 1. The van der Waals surface area contributed by atoms with Gasteiger partial charge in [-0.2, -0.15) is 0 Å². The van der Waals surface area contributed by atoms with E-state index in [2.05, 4.69) is 87.9 Å². The van der Waals surface area contributed by atoms with Gasteiger partial charge in [-0.1, -0.05) is 0 Å². The first-order valence-electron chi connectivity index (χ1n) is 7.28. The third-order valence-corrected chi connectivity index (χ3v) is 4.11. The molecule has 0 saturated heterocycles. The maximum absolute atomic E-state index is 4.35. The van der Waals surface area contributed by atoms with Crippen LogP contribution in [0.4, 0.5) is 0 Å². The SMILES string of the molecule is CN=C(NCCN(C)C(C)C)N(C)Cc1cc(Br)cn1C. The smallest absolute Gasteiger partial charge is 0.193 e. The molecule has 0 fully saturated rings. The average molecular weight is 358 g/mol. The van der Waals surface area contributed by atoms with E-state index in [1.807, 2.05) is 7.05 Å². The number of aryl methyl sites for hydroxylation is 1. The topological polar surface area (TPSA) is 35.8 Å². The minimum atomic E-state index is 0.562. The van der Waals surface area contributed by atoms with E-state index in [-0.39, 0.29) is 0 Å². The van der Waals surface area contributed by atoms with Crippen LogP contribution in [0.15, 0.2) is 21.7 Å². The van der Waals surface area contributed by atoms with Gasteiger partial charge in [0.2, 0.25) is 0 Å². The molecule has 0 bridgehead atoms. The Labute approximate surface area is 137 Å². The summed E-state index contributed by atoms with van der Waals surface area (Å²) in [6.45, 7) is 7.12. The summed E-state index contributed by atoms with van der Waals surface area (Å²) in [5.41, 5.74) is 1.24. The fourth-order valence-electron chi connectivity index (χ4n) is 2.03. The Morgan fingerprint density at radius 2 is 2.10 bits per heavy atom. The fraction of sp³-hybridized carbons (Fsp3) is 0.667. The Morgan fingerprint density at radius 1 is 1.43 bits per heavy atom. The lowest BCUT2D eigenvalue weighted by Crippen LogP contribution is -2.42. The van der Waals surface area contributed by atoms with Gasteiger partial charge in [0.15, 0.2) is 5.96 Å². The summed E-state index contributed by atoms with van der Waals surface area (Å²) in [5.74, 6) is 0.921. The van der Waals surface area contributed by atoms with Gasteiger partial charge in [0.05, 0.1) is 6.54 Å². The van der Waals surface area contributed by atoms with Crippen molar-refractivity contribution < 1.29 is 0 Å². The predicted octanol–water partition coefficient (Wildman–Crippen LogP) is 2.13. The molecule has 0 amide bonds. The summed E-state index contributed by atoms with van der Waals surface area (Å²) < 4.78 is 3.23. The number of likely N-dealkylation sites (N-methyl/N-ethyl adjacent to an activating group) is 1. The molecule has 0 spiro atoms. The number of guanidine groups is 1. The zero-order chi connectivity index (χ0) is 16.0. The Balaban J connectivity index is 2.50. The molecule has 0 saturated carbocycles. The van der Waals surface area contributed by atoms with E-state index in [0.29, 0.717) is 6.04 Å². The number of halogens is 1. The van der Waals surface area contributed by atoms with Crippen LogP contribution in [0.3, 0.4) is 0 Å². The van der Waals surface area contributed by atoms with E-state index in [9.17, 15) is 0 Å². The number of nitrogens with one attached hydrogen (secondary N) is 1. The number of hydrogen-bond acceptors (Lipinski definition) is 2. The Bertz CT molecular complexity index is 467. The molecular weight excluding hydrogens is 330 g/mol. The van der Waals surface area contributed by atoms with Crippen LogP contribution in [-0.4, -0.2) is 60.6 Å². The minimum absolute atomic E-state index is 0.562. The predicted molar refractivity (Wildman–Crippen MR) is 93.7 cm³/mol. The van der Waals surface area contributed by atoms with Crippen molar-refractivity contribution in [3.63, 3.8) is 0 Å². The molecule has 0 aliphatic rings. The van der Waals surface area contributed by atoms with Gasteiger partial charge in [-0.25, -0.2) is 0 Å². The number of aromatic nitrogens is 1. The molecule has 0 aliphatic carbocycles. The minimum Gasteiger partial charge on any atom is -0.355 e. The van der Waals surface area contributed by atoms with Gasteiger partial charge in [-0.15, -0.1) is 0 Å². The van der Waals surface area contributed by atoms with Gasteiger partial charge >= 0.3 is 0 Å². The highest BCUT2D eigenvalue weighted by Gasteiger charge is 2.10. The second-order valence-electron chi connectivity index (χ2n) is 5.66. The highest BCUT2D eigenvalue weighted by Crippen LogP contribution is 2.14. The van der Waals surface area contributed by atoms with Crippen LogP contribution in [0.2, 0.25) is 0 Å². The first-order valence-corrected chi connectivity index (χ1v) is 8.07. The van der Waals surface area contributed by atoms with E-state index < -0.39 is 0 Å². The van der Waals surface area contributed by atoms with E-state index >= 15 is 0 Å². The molecule has 1 aromatic rings. The van der Waals surface area contributed by atoms with Crippen molar-refractivity contribution in [1.29, 1.82) is 0 Å². The molecule has 0 atom stereocenters. The molecule has 0 aliphatic heterocycles. The maximum Gasteiger partial charge on any atom is 0.193 e. The second-order valence-corrected chi connectivity index (χ2v) is 6.58. The van der Waals surface area contributed by atoms with Crippen LogP contribution < -0.4 is 5.32 Å². The molecule has 1 heterocycles. The van der Waals surface area contributed by atoms with E-state index in [4.69, 9.17) is 0 Å². The second kappa shape index (κ2) is 8.44. The Kier molecular flexibility index (Phi) is 7.25. The molecule has 1 N–H and O–H groups in total. The molecule has 0 unspecified atom stereocenters. The summed E-state index contributed by atoms with van der Waals surface area (Å²) in [6.07, 6.45) is 2.07. The van der Waals surface area contributed by atoms with Crippen LogP contribution in [0.5, 0.6) is 0 Å². The van der Waals surface area contributed by atoms with Crippen LogP contribution >= 0.6 is 15.9 Å². The van der Waals surface area contributed by atoms with Crippen molar-refractivity contribution in [2.45, 2.75) is 26.4 Å². The number of rotatable bonds is 6. The summed E-state index contributed by atoms with van der Waals surface area (Å²) in [4.78, 5) is 8.80. The fourth-order valence-corrected chi connectivity index (χ4v) is 2.60. The molecule has 21 heavy (non-hydrogen) atoms. The van der Waals surface area contributed by atoms with Gasteiger partial charge in [0.1, 0.15) is 0 Å². The van der Waals surface area contributed by atoms with E-state index in [1.165, 1.54) is 5.69 Å².